The Hall–Kier alpha value is -3.31. The summed E-state index contributed by atoms with van der Waals surface area (Å²) >= 11 is 6.12. The molecule has 0 atom stereocenters. The third kappa shape index (κ3) is 5.97. The number of rotatable bonds is 11. The topological polar surface area (TPSA) is 56.1 Å². The molecular formula is C28H30ClN3O2. The van der Waals surface area contributed by atoms with Gasteiger partial charge in [0, 0.05) is 19.5 Å². The summed E-state index contributed by atoms with van der Waals surface area (Å²) in [4.78, 5) is 17.2. The second-order valence-corrected chi connectivity index (χ2v) is 8.61. The number of carbonyl (C=O) groups excluding carboxylic acids is 1. The lowest BCUT2D eigenvalue weighted by Gasteiger charge is -2.11. The molecule has 3 aromatic carbocycles. The SMILES string of the molecule is CCc1ccc(OCCCn2c(CCCNC(=O)c3ccccc3Cl)nc3ccccc32)cc1. The molecule has 0 aliphatic rings. The van der Waals surface area contributed by atoms with Crippen molar-refractivity contribution in [2.75, 3.05) is 13.2 Å². The second kappa shape index (κ2) is 11.7. The van der Waals surface area contributed by atoms with E-state index in [-0.39, 0.29) is 5.91 Å². The number of nitrogens with zero attached hydrogens (tertiary/aromatic N) is 2. The van der Waals surface area contributed by atoms with Gasteiger partial charge in [0.05, 0.1) is 28.2 Å². The fourth-order valence-electron chi connectivity index (χ4n) is 3.99. The Morgan fingerprint density at radius 3 is 2.56 bits per heavy atom. The molecule has 0 fully saturated rings. The Kier molecular flexibility index (Phi) is 8.21. The van der Waals surface area contributed by atoms with Gasteiger partial charge in [0.15, 0.2) is 0 Å². The number of ether oxygens (including phenoxy) is 1. The highest BCUT2D eigenvalue weighted by molar-refractivity contribution is 6.33. The van der Waals surface area contributed by atoms with Gasteiger partial charge in [-0.2, -0.15) is 0 Å². The van der Waals surface area contributed by atoms with E-state index in [1.165, 1.54) is 5.56 Å². The number of hydrogen-bond donors (Lipinski definition) is 1. The van der Waals surface area contributed by atoms with Crippen LogP contribution in [0.1, 0.15) is 41.5 Å². The predicted octanol–water partition coefficient (Wildman–Crippen LogP) is 6.08. The summed E-state index contributed by atoms with van der Waals surface area (Å²) < 4.78 is 8.21. The van der Waals surface area contributed by atoms with Crippen molar-refractivity contribution in [3.63, 3.8) is 0 Å². The fraction of sp³-hybridized carbons (Fsp3) is 0.286. The molecule has 1 N–H and O–H groups in total. The molecule has 0 saturated heterocycles. The Bertz CT molecular complexity index is 1230. The van der Waals surface area contributed by atoms with E-state index in [4.69, 9.17) is 21.3 Å². The third-order valence-electron chi connectivity index (χ3n) is 5.84. The first kappa shape index (κ1) is 23.8. The third-order valence-corrected chi connectivity index (χ3v) is 6.17. The van der Waals surface area contributed by atoms with Crippen LogP contribution in [0.4, 0.5) is 0 Å². The summed E-state index contributed by atoms with van der Waals surface area (Å²) in [6.07, 6.45) is 3.48. The normalized spacial score (nSPS) is 11.0. The minimum Gasteiger partial charge on any atom is -0.494 e. The largest absolute Gasteiger partial charge is 0.494 e. The van der Waals surface area contributed by atoms with Crippen molar-refractivity contribution in [3.05, 3.63) is 94.8 Å². The second-order valence-electron chi connectivity index (χ2n) is 8.21. The number of carbonyl (C=O) groups is 1. The number of aryl methyl sites for hydroxylation is 3. The highest BCUT2D eigenvalue weighted by atomic mass is 35.5. The molecule has 0 aliphatic heterocycles. The Morgan fingerprint density at radius 2 is 1.76 bits per heavy atom. The molecule has 34 heavy (non-hydrogen) atoms. The number of nitrogens with one attached hydrogen (secondary N) is 1. The van der Waals surface area contributed by atoms with Gasteiger partial charge in [0.1, 0.15) is 11.6 Å². The molecule has 5 nitrogen and oxygen atoms in total. The maximum Gasteiger partial charge on any atom is 0.252 e. The standard InChI is InChI=1S/C28H30ClN3O2/c1-2-21-14-16-22(17-15-21)34-20-8-19-32-26-12-6-5-11-25(26)31-27(32)13-7-18-30-28(33)23-9-3-4-10-24(23)29/h3-6,9-12,14-17H,2,7-8,13,18-20H2,1H3,(H,30,33). The average molecular weight is 476 g/mol. The molecular weight excluding hydrogens is 446 g/mol. The minimum absolute atomic E-state index is 0.150. The van der Waals surface area contributed by atoms with Gasteiger partial charge in [-0.25, -0.2) is 4.98 Å². The first-order valence-corrected chi connectivity index (χ1v) is 12.2. The first-order valence-electron chi connectivity index (χ1n) is 11.8. The van der Waals surface area contributed by atoms with Crippen molar-refractivity contribution in [3.8, 4) is 5.75 Å². The minimum atomic E-state index is -0.150. The van der Waals surface area contributed by atoms with Crippen LogP contribution in [0.3, 0.4) is 0 Å². The molecule has 0 radical (unpaired) electrons. The van der Waals surface area contributed by atoms with Gasteiger partial charge in [-0.1, -0.05) is 54.9 Å². The van der Waals surface area contributed by atoms with Crippen LogP contribution in [-0.4, -0.2) is 28.6 Å². The molecule has 1 aromatic heterocycles. The summed E-state index contributed by atoms with van der Waals surface area (Å²) in [6.45, 7) is 4.18. The predicted molar refractivity (Wildman–Crippen MR) is 138 cm³/mol. The number of aromatic nitrogens is 2. The molecule has 0 unspecified atom stereocenters. The van der Waals surface area contributed by atoms with Gasteiger partial charge in [0.25, 0.3) is 5.91 Å². The Balaban J connectivity index is 1.32. The van der Waals surface area contributed by atoms with E-state index in [0.29, 0.717) is 23.7 Å². The fourth-order valence-corrected chi connectivity index (χ4v) is 4.21. The van der Waals surface area contributed by atoms with Crippen molar-refractivity contribution < 1.29 is 9.53 Å². The number of imidazole rings is 1. The number of amides is 1. The smallest absolute Gasteiger partial charge is 0.252 e. The van der Waals surface area contributed by atoms with Gasteiger partial charge in [-0.15, -0.1) is 0 Å². The van der Waals surface area contributed by atoms with E-state index in [9.17, 15) is 4.79 Å². The van der Waals surface area contributed by atoms with Crippen LogP contribution in [0.15, 0.2) is 72.8 Å². The number of para-hydroxylation sites is 2. The van der Waals surface area contributed by atoms with Crippen molar-refractivity contribution in [1.29, 1.82) is 0 Å². The van der Waals surface area contributed by atoms with Crippen LogP contribution in [0, 0.1) is 0 Å². The number of hydrogen-bond acceptors (Lipinski definition) is 3. The Labute approximate surface area is 205 Å². The van der Waals surface area contributed by atoms with Gasteiger partial charge >= 0.3 is 0 Å². The lowest BCUT2D eigenvalue weighted by molar-refractivity contribution is 0.0953. The maximum absolute atomic E-state index is 12.4. The van der Waals surface area contributed by atoms with Crippen molar-refractivity contribution in [2.45, 2.75) is 39.2 Å². The molecule has 1 heterocycles. The summed E-state index contributed by atoms with van der Waals surface area (Å²) in [6, 6.07) is 23.6. The van der Waals surface area contributed by atoms with Crippen LogP contribution < -0.4 is 10.1 Å². The van der Waals surface area contributed by atoms with Crippen molar-refractivity contribution in [1.82, 2.24) is 14.9 Å². The van der Waals surface area contributed by atoms with Gasteiger partial charge in [-0.05, 0) is 61.2 Å². The van der Waals surface area contributed by atoms with Crippen LogP contribution in [0.5, 0.6) is 5.75 Å². The number of benzene rings is 3. The van der Waals surface area contributed by atoms with E-state index < -0.39 is 0 Å². The molecule has 4 rings (SSSR count). The first-order chi connectivity index (χ1) is 16.7. The van der Waals surface area contributed by atoms with E-state index in [1.54, 1.807) is 12.1 Å². The monoisotopic (exact) mass is 475 g/mol. The number of fused-ring (bicyclic) bond motifs is 1. The zero-order valence-corrected chi connectivity index (χ0v) is 20.2. The number of halogens is 1. The molecule has 6 heteroatoms. The quantitative estimate of drug-likeness (QED) is 0.267. The summed E-state index contributed by atoms with van der Waals surface area (Å²) in [5.74, 6) is 1.78. The van der Waals surface area contributed by atoms with Crippen molar-refractivity contribution >= 4 is 28.5 Å². The average Bonchev–Trinajstić information content (AvgIpc) is 3.22. The molecule has 1 amide bonds. The molecule has 0 aliphatic carbocycles. The zero-order valence-electron chi connectivity index (χ0n) is 19.5. The molecule has 0 saturated carbocycles. The van der Waals surface area contributed by atoms with E-state index >= 15 is 0 Å². The summed E-state index contributed by atoms with van der Waals surface area (Å²) in [5.41, 5.74) is 3.93. The Morgan fingerprint density at radius 1 is 1.00 bits per heavy atom. The lowest BCUT2D eigenvalue weighted by Crippen LogP contribution is -2.25. The molecule has 0 bridgehead atoms. The van der Waals surface area contributed by atoms with Crippen LogP contribution >= 0.6 is 11.6 Å². The van der Waals surface area contributed by atoms with E-state index in [1.807, 2.05) is 42.5 Å². The van der Waals surface area contributed by atoms with Crippen LogP contribution in [-0.2, 0) is 19.4 Å². The molecule has 4 aromatic rings. The zero-order chi connectivity index (χ0) is 23.8. The summed E-state index contributed by atoms with van der Waals surface area (Å²) in [5, 5.41) is 3.42. The maximum atomic E-state index is 12.4. The highest BCUT2D eigenvalue weighted by Gasteiger charge is 2.12. The molecule has 176 valence electrons. The van der Waals surface area contributed by atoms with Crippen LogP contribution in [0.25, 0.3) is 11.0 Å². The highest BCUT2D eigenvalue weighted by Crippen LogP contribution is 2.19. The van der Waals surface area contributed by atoms with Gasteiger partial charge < -0.3 is 14.6 Å². The van der Waals surface area contributed by atoms with E-state index in [0.717, 1.165) is 54.8 Å². The summed E-state index contributed by atoms with van der Waals surface area (Å²) in [7, 11) is 0. The van der Waals surface area contributed by atoms with Gasteiger partial charge in [-0.3, -0.25) is 4.79 Å². The van der Waals surface area contributed by atoms with E-state index in [2.05, 4.69) is 35.0 Å². The van der Waals surface area contributed by atoms with Gasteiger partial charge in [0.2, 0.25) is 0 Å². The molecule has 0 spiro atoms. The lowest BCUT2D eigenvalue weighted by atomic mass is 10.2. The van der Waals surface area contributed by atoms with Crippen LogP contribution in [0.2, 0.25) is 5.02 Å². The van der Waals surface area contributed by atoms with Crippen molar-refractivity contribution in [2.24, 2.45) is 0 Å².